The molecule has 152 valence electrons. The monoisotopic (exact) mass is 393 g/mol. The number of terminal acetylenes is 1. The highest BCUT2D eigenvalue weighted by Gasteiger charge is 2.24. The van der Waals surface area contributed by atoms with Crippen LogP contribution in [0.25, 0.3) is 0 Å². The molecule has 7 heteroatoms. The summed E-state index contributed by atoms with van der Waals surface area (Å²) >= 11 is 0. The summed E-state index contributed by atoms with van der Waals surface area (Å²) in [6.45, 7) is -0.0253. The van der Waals surface area contributed by atoms with E-state index in [9.17, 15) is 18.4 Å². The lowest BCUT2D eigenvalue weighted by molar-refractivity contribution is -0.144. The van der Waals surface area contributed by atoms with Crippen molar-refractivity contribution in [1.82, 2.24) is 5.32 Å². The molecule has 0 spiro atoms. The van der Waals surface area contributed by atoms with Gasteiger partial charge >= 0.3 is 12.1 Å². The number of rotatable bonds is 8. The van der Waals surface area contributed by atoms with Crippen molar-refractivity contribution in [2.75, 3.05) is 13.2 Å². The van der Waals surface area contributed by atoms with Crippen LogP contribution in [0, 0.1) is 29.9 Å². The molecule has 0 aliphatic heterocycles. The van der Waals surface area contributed by atoms with E-state index >= 15 is 0 Å². The van der Waals surface area contributed by atoms with Crippen LogP contribution >= 0.6 is 0 Å². The van der Waals surface area contributed by atoms with Gasteiger partial charge in [0.1, 0.15) is 17.7 Å². The Bertz CT molecular complexity index is 691. The molecule has 1 amide bonds. The predicted molar refractivity (Wildman–Crippen MR) is 99.3 cm³/mol. The number of hydrogen-bond donors (Lipinski definition) is 1. The van der Waals surface area contributed by atoms with Crippen molar-refractivity contribution < 1.29 is 27.8 Å². The van der Waals surface area contributed by atoms with Gasteiger partial charge in [-0.15, -0.1) is 6.42 Å². The highest BCUT2D eigenvalue weighted by atomic mass is 19.1. The molecular formula is C21H25F2NO4. The van der Waals surface area contributed by atoms with Crippen molar-refractivity contribution in [3.63, 3.8) is 0 Å². The van der Waals surface area contributed by atoms with Crippen molar-refractivity contribution in [3.05, 3.63) is 35.4 Å². The Morgan fingerprint density at radius 3 is 2.46 bits per heavy atom. The fourth-order valence-electron chi connectivity index (χ4n) is 3.35. The summed E-state index contributed by atoms with van der Waals surface area (Å²) in [4.78, 5) is 24.2. The van der Waals surface area contributed by atoms with Gasteiger partial charge in [0.15, 0.2) is 6.61 Å². The smallest absolute Gasteiger partial charge is 0.407 e. The zero-order valence-corrected chi connectivity index (χ0v) is 15.7. The highest BCUT2D eigenvalue weighted by Crippen LogP contribution is 2.26. The van der Waals surface area contributed by atoms with Crippen LogP contribution in [0.3, 0.4) is 0 Å². The van der Waals surface area contributed by atoms with Gasteiger partial charge in [0.2, 0.25) is 0 Å². The predicted octanol–water partition coefficient (Wildman–Crippen LogP) is 3.75. The van der Waals surface area contributed by atoms with Crippen LogP contribution in [0.5, 0.6) is 0 Å². The van der Waals surface area contributed by atoms with Crippen LogP contribution in [0.4, 0.5) is 13.6 Å². The van der Waals surface area contributed by atoms with Crippen molar-refractivity contribution in [2.45, 2.75) is 51.0 Å². The lowest BCUT2D eigenvalue weighted by Crippen LogP contribution is -2.43. The molecule has 1 atom stereocenters. The van der Waals surface area contributed by atoms with Crippen LogP contribution in [-0.4, -0.2) is 31.3 Å². The minimum absolute atomic E-state index is 0.157. The Labute approximate surface area is 163 Å². The Morgan fingerprint density at radius 1 is 1.14 bits per heavy atom. The van der Waals surface area contributed by atoms with Crippen molar-refractivity contribution >= 4 is 12.1 Å². The van der Waals surface area contributed by atoms with Gasteiger partial charge in [0.05, 0.1) is 6.61 Å². The summed E-state index contributed by atoms with van der Waals surface area (Å²) in [5, 5.41) is 2.40. The normalized spacial score (nSPS) is 15.3. The number of amides is 1. The Hall–Kier alpha value is -2.62. The first-order valence-corrected chi connectivity index (χ1v) is 9.46. The maximum atomic E-state index is 13.4. The average molecular weight is 393 g/mol. The molecule has 1 N–H and O–H groups in total. The molecule has 1 aliphatic rings. The van der Waals surface area contributed by atoms with Crippen LogP contribution < -0.4 is 5.32 Å². The summed E-state index contributed by atoms with van der Waals surface area (Å²) in [5.41, 5.74) is 0.197. The zero-order valence-electron chi connectivity index (χ0n) is 15.7. The lowest BCUT2D eigenvalue weighted by atomic mass is 9.87. The molecule has 0 bridgehead atoms. The highest BCUT2D eigenvalue weighted by molar-refractivity contribution is 5.81. The third-order valence-corrected chi connectivity index (χ3v) is 4.72. The Balaban J connectivity index is 1.91. The van der Waals surface area contributed by atoms with E-state index in [0.29, 0.717) is 5.92 Å². The van der Waals surface area contributed by atoms with Crippen molar-refractivity contribution in [2.24, 2.45) is 5.92 Å². The van der Waals surface area contributed by atoms with E-state index in [-0.39, 0.29) is 25.2 Å². The van der Waals surface area contributed by atoms with E-state index < -0.39 is 29.7 Å². The maximum absolute atomic E-state index is 13.4. The van der Waals surface area contributed by atoms with Gasteiger partial charge in [-0.3, -0.25) is 0 Å². The molecule has 0 heterocycles. The van der Waals surface area contributed by atoms with Gasteiger partial charge in [-0.05, 0) is 30.0 Å². The fraction of sp³-hybridized carbons (Fsp3) is 0.524. The van der Waals surface area contributed by atoms with Crippen LogP contribution in [0.15, 0.2) is 18.2 Å². The van der Waals surface area contributed by atoms with E-state index in [1.54, 1.807) is 0 Å². The minimum Gasteiger partial charge on any atom is -0.451 e. The number of benzene rings is 1. The van der Waals surface area contributed by atoms with Gasteiger partial charge in [0, 0.05) is 12.5 Å². The first-order valence-electron chi connectivity index (χ1n) is 9.46. The van der Waals surface area contributed by atoms with Crippen LogP contribution in [0.1, 0.15) is 44.1 Å². The summed E-state index contributed by atoms with van der Waals surface area (Å²) in [6.07, 6.45) is 10.8. The van der Waals surface area contributed by atoms with Gasteiger partial charge in [0.25, 0.3) is 0 Å². The lowest BCUT2D eigenvalue weighted by Gasteiger charge is -2.21. The molecule has 0 saturated heterocycles. The number of esters is 1. The largest absolute Gasteiger partial charge is 0.451 e. The Morgan fingerprint density at radius 2 is 1.82 bits per heavy atom. The second-order valence-corrected chi connectivity index (χ2v) is 6.92. The summed E-state index contributed by atoms with van der Waals surface area (Å²) in [5.74, 6) is 0.348. The zero-order chi connectivity index (χ0) is 20.4. The summed E-state index contributed by atoms with van der Waals surface area (Å²) in [7, 11) is 0. The number of nitrogens with one attached hydrogen (secondary N) is 1. The van der Waals surface area contributed by atoms with E-state index in [1.165, 1.54) is 19.3 Å². The van der Waals surface area contributed by atoms with Gasteiger partial charge < -0.3 is 14.8 Å². The summed E-state index contributed by atoms with van der Waals surface area (Å²) in [6, 6.07) is 1.72. The van der Waals surface area contributed by atoms with Crippen molar-refractivity contribution in [1.29, 1.82) is 0 Å². The van der Waals surface area contributed by atoms with Gasteiger partial charge in [-0.1, -0.05) is 38.0 Å². The molecule has 5 nitrogen and oxygen atoms in total. The van der Waals surface area contributed by atoms with Crippen LogP contribution in [-0.2, 0) is 20.7 Å². The maximum Gasteiger partial charge on any atom is 0.407 e. The van der Waals surface area contributed by atoms with Gasteiger partial charge in [-0.25, -0.2) is 18.4 Å². The molecular weight excluding hydrogens is 368 g/mol. The number of alkyl carbamates (subject to hydrolysis) is 1. The fourth-order valence-corrected chi connectivity index (χ4v) is 3.35. The molecule has 0 radical (unpaired) electrons. The Kier molecular flexibility index (Phi) is 8.73. The second-order valence-electron chi connectivity index (χ2n) is 6.92. The third-order valence-electron chi connectivity index (χ3n) is 4.72. The number of carbonyl (C=O) groups excluding carboxylic acids is 2. The average Bonchev–Trinajstić information content (AvgIpc) is 2.65. The van der Waals surface area contributed by atoms with E-state index in [2.05, 4.69) is 11.2 Å². The van der Waals surface area contributed by atoms with Crippen LogP contribution in [0.2, 0.25) is 0 Å². The molecule has 1 aromatic carbocycles. The number of hydrogen-bond acceptors (Lipinski definition) is 4. The van der Waals surface area contributed by atoms with Crippen molar-refractivity contribution in [3.8, 4) is 12.3 Å². The molecule has 0 unspecified atom stereocenters. The molecule has 28 heavy (non-hydrogen) atoms. The number of carbonyl (C=O) groups is 2. The topological polar surface area (TPSA) is 64.6 Å². The standard InChI is InChI=1S/C21H25F2NO4/c1-2-9-27-20(25)19(13-16-11-17(22)14-18(23)12-16)24-21(26)28-10-8-15-6-4-3-5-7-15/h1,11-12,14-15,19H,3-10,13H2,(H,24,26)/t19-/m0/s1. The van der Waals surface area contributed by atoms with E-state index in [0.717, 1.165) is 37.5 Å². The van der Waals surface area contributed by atoms with Gasteiger partial charge in [-0.2, -0.15) is 0 Å². The second kappa shape index (κ2) is 11.3. The minimum atomic E-state index is -1.17. The molecule has 2 rings (SSSR count). The first kappa shape index (κ1) is 21.7. The number of ether oxygens (including phenoxy) is 2. The number of halogens is 2. The van der Waals surface area contributed by atoms with E-state index in [1.807, 2.05) is 0 Å². The molecule has 1 aromatic rings. The molecule has 1 fully saturated rings. The quantitative estimate of drug-likeness (QED) is 0.540. The SMILES string of the molecule is C#CCOC(=O)[C@H](Cc1cc(F)cc(F)c1)NC(=O)OCCC1CCCCC1. The van der Waals surface area contributed by atoms with E-state index in [4.69, 9.17) is 15.9 Å². The molecule has 1 saturated carbocycles. The first-order chi connectivity index (χ1) is 13.5. The summed E-state index contributed by atoms with van der Waals surface area (Å²) < 4.78 is 36.8. The third kappa shape index (κ3) is 7.55. The molecule has 1 aliphatic carbocycles. The molecule has 0 aromatic heterocycles.